The highest BCUT2D eigenvalue weighted by Crippen LogP contribution is 2.31. The monoisotopic (exact) mass is 280 g/mol. The molecule has 0 saturated heterocycles. The second-order valence-corrected chi connectivity index (χ2v) is 4.84. The van der Waals surface area contributed by atoms with E-state index in [0.717, 1.165) is 18.2 Å². The van der Waals surface area contributed by atoms with E-state index in [4.69, 9.17) is 4.74 Å². The van der Waals surface area contributed by atoms with E-state index in [9.17, 15) is 5.11 Å². The number of rotatable bonds is 9. The van der Waals surface area contributed by atoms with Gasteiger partial charge in [0, 0.05) is 31.8 Å². The molecule has 2 N–H and O–H groups in total. The topological polar surface area (TPSA) is 70.5 Å². The minimum Gasteiger partial charge on any atom is -0.395 e. The Labute approximate surface area is 120 Å². The van der Waals surface area contributed by atoms with Crippen LogP contribution >= 0.6 is 0 Å². The summed E-state index contributed by atoms with van der Waals surface area (Å²) in [5.74, 6) is 2.38. The maximum atomic E-state index is 9.23. The van der Waals surface area contributed by atoms with Crippen molar-refractivity contribution in [2.75, 3.05) is 36.5 Å². The minimum absolute atomic E-state index is 0.137. The molecule has 2 rings (SSSR count). The number of aliphatic hydroxyl groups excluding tert-OH is 1. The van der Waals surface area contributed by atoms with E-state index in [1.54, 1.807) is 0 Å². The second kappa shape index (κ2) is 7.40. The Kier molecular flexibility index (Phi) is 5.55. The standard InChI is InChI=1S/C14H24N4O2/c1-3-15-12-9-14(17-13(16-12)10-20-4-2)18(7-8-19)11-5-6-11/h9,11,19H,3-8,10H2,1-2H3,(H,15,16,17). The number of aromatic nitrogens is 2. The molecular weight excluding hydrogens is 256 g/mol. The van der Waals surface area contributed by atoms with Crippen LogP contribution in [0.3, 0.4) is 0 Å². The average molecular weight is 280 g/mol. The summed E-state index contributed by atoms with van der Waals surface area (Å²) in [6.07, 6.45) is 2.34. The molecule has 6 nitrogen and oxygen atoms in total. The average Bonchev–Trinajstić information content (AvgIpc) is 3.27. The first kappa shape index (κ1) is 15.0. The molecular formula is C14H24N4O2. The first-order valence-corrected chi connectivity index (χ1v) is 7.35. The number of ether oxygens (including phenoxy) is 1. The zero-order chi connectivity index (χ0) is 14.4. The Balaban J connectivity index is 2.21. The smallest absolute Gasteiger partial charge is 0.158 e. The third-order valence-electron chi connectivity index (χ3n) is 3.17. The first-order chi connectivity index (χ1) is 9.78. The molecule has 1 heterocycles. The Bertz CT molecular complexity index is 424. The molecule has 112 valence electrons. The van der Waals surface area contributed by atoms with Crippen molar-refractivity contribution in [3.63, 3.8) is 0 Å². The molecule has 20 heavy (non-hydrogen) atoms. The highest BCUT2D eigenvalue weighted by molar-refractivity contribution is 5.51. The largest absolute Gasteiger partial charge is 0.395 e. The SMILES string of the molecule is CCNc1cc(N(CCO)C2CC2)nc(COCC)n1. The van der Waals surface area contributed by atoms with E-state index in [0.29, 0.717) is 31.6 Å². The van der Waals surface area contributed by atoms with E-state index in [1.807, 2.05) is 19.9 Å². The molecule has 0 spiro atoms. The number of nitrogens with one attached hydrogen (secondary N) is 1. The lowest BCUT2D eigenvalue weighted by Gasteiger charge is -2.23. The van der Waals surface area contributed by atoms with Crippen LogP contribution in [-0.4, -0.2) is 47.4 Å². The molecule has 1 saturated carbocycles. The third kappa shape index (κ3) is 4.05. The fourth-order valence-electron chi connectivity index (χ4n) is 2.14. The van der Waals surface area contributed by atoms with Gasteiger partial charge in [0.05, 0.1) is 6.61 Å². The van der Waals surface area contributed by atoms with Crippen molar-refractivity contribution in [1.82, 2.24) is 9.97 Å². The van der Waals surface area contributed by atoms with Gasteiger partial charge in [0.25, 0.3) is 0 Å². The van der Waals surface area contributed by atoms with Gasteiger partial charge in [-0.25, -0.2) is 9.97 Å². The summed E-state index contributed by atoms with van der Waals surface area (Å²) in [4.78, 5) is 11.2. The molecule has 0 radical (unpaired) electrons. The fourth-order valence-corrected chi connectivity index (χ4v) is 2.14. The maximum Gasteiger partial charge on any atom is 0.158 e. The summed E-state index contributed by atoms with van der Waals surface area (Å²) in [6, 6.07) is 2.46. The first-order valence-electron chi connectivity index (χ1n) is 7.35. The van der Waals surface area contributed by atoms with Gasteiger partial charge in [-0.1, -0.05) is 0 Å². The molecule has 0 atom stereocenters. The summed E-state index contributed by atoms with van der Waals surface area (Å²) in [7, 11) is 0. The van der Waals surface area contributed by atoms with Crippen LogP contribution in [0.25, 0.3) is 0 Å². The van der Waals surface area contributed by atoms with Gasteiger partial charge in [-0.05, 0) is 26.7 Å². The van der Waals surface area contributed by atoms with Crippen molar-refractivity contribution < 1.29 is 9.84 Å². The second-order valence-electron chi connectivity index (χ2n) is 4.84. The number of hydrogen-bond acceptors (Lipinski definition) is 6. The van der Waals surface area contributed by atoms with E-state index in [1.165, 1.54) is 12.8 Å². The van der Waals surface area contributed by atoms with Crippen LogP contribution in [0.5, 0.6) is 0 Å². The Morgan fingerprint density at radius 2 is 2.20 bits per heavy atom. The van der Waals surface area contributed by atoms with Gasteiger partial charge >= 0.3 is 0 Å². The molecule has 0 aliphatic heterocycles. The van der Waals surface area contributed by atoms with Crippen molar-refractivity contribution in [3.8, 4) is 0 Å². The molecule has 1 fully saturated rings. The predicted octanol–water partition coefficient (Wildman–Crippen LogP) is 1.41. The quantitative estimate of drug-likeness (QED) is 0.712. The molecule has 1 aliphatic rings. The molecule has 0 amide bonds. The lowest BCUT2D eigenvalue weighted by Crippen LogP contribution is -2.30. The van der Waals surface area contributed by atoms with Crippen LogP contribution in [0.1, 0.15) is 32.5 Å². The van der Waals surface area contributed by atoms with Crippen molar-refractivity contribution >= 4 is 11.6 Å². The van der Waals surface area contributed by atoms with E-state index in [2.05, 4.69) is 20.2 Å². The van der Waals surface area contributed by atoms with E-state index in [-0.39, 0.29) is 6.61 Å². The van der Waals surface area contributed by atoms with Crippen LogP contribution < -0.4 is 10.2 Å². The van der Waals surface area contributed by atoms with Gasteiger partial charge in [-0.15, -0.1) is 0 Å². The third-order valence-corrected chi connectivity index (χ3v) is 3.17. The predicted molar refractivity (Wildman–Crippen MR) is 79.0 cm³/mol. The zero-order valence-electron chi connectivity index (χ0n) is 12.3. The zero-order valence-corrected chi connectivity index (χ0v) is 12.3. The van der Waals surface area contributed by atoms with Crippen molar-refractivity contribution in [2.45, 2.75) is 39.3 Å². The van der Waals surface area contributed by atoms with Gasteiger partial charge in [-0.2, -0.15) is 0 Å². The van der Waals surface area contributed by atoms with Crippen LogP contribution in [0.2, 0.25) is 0 Å². The highest BCUT2D eigenvalue weighted by atomic mass is 16.5. The molecule has 0 aromatic carbocycles. The normalized spacial score (nSPS) is 14.3. The number of hydrogen-bond donors (Lipinski definition) is 2. The molecule has 6 heteroatoms. The van der Waals surface area contributed by atoms with Gasteiger partial charge in [0.15, 0.2) is 5.82 Å². The summed E-state index contributed by atoms with van der Waals surface area (Å²) >= 11 is 0. The maximum absolute atomic E-state index is 9.23. The van der Waals surface area contributed by atoms with E-state index < -0.39 is 0 Å². The minimum atomic E-state index is 0.137. The Hall–Kier alpha value is -1.40. The summed E-state index contributed by atoms with van der Waals surface area (Å²) in [5.41, 5.74) is 0. The van der Waals surface area contributed by atoms with Crippen LogP contribution in [0, 0.1) is 0 Å². The van der Waals surface area contributed by atoms with E-state index >= 15 is 0 Å². The molecule has 1 aromatic rings. The van der Waals surface area contributed by atoms with Crippen LogP contribution in [-0.2, 0) is 11.3 Å². The number of nitrogens with zero attached hydrogens (tertiary/aromatic N) is 3. The van der Waals surface area contributed by atoms with Gasteiger partial charge < -0.3 is 20.1 Å². The summed E-state index contributed by atoms with van der Waals surface area (Å²) in [5, 5.41) is 12.5. The highest BCUT2D eigenvalue weighted by Gasteiger charge is 2.30. The molecule has 0 bridgehead atoms. The van der Waals surface area contributed by atoms with Gasteiger partial charge in [0.2, 0.25) is 0 Å². The van der Waals surface area contributed by atoms with Crippen LogP contribution in [0.15, 0.2) is 6.07 Å². The van der Waals surface area contributed by atoms with Gasteiger partial charge in [-0.3, -0.25) is 0 Å². The molecule has 0 unspecified atom stereocenters. The van der Waals surface area contributed by atoms with Crippen molar-refractivity contribution in [2.24, 2.45) is 0 Å². The lowest BCUT2D eigenvalue weighted by molar-refractivity contribution is 0.128. The Morgan fingerprint density at radius 3 is 2.80 bits per heavy atom. The molecule has 1 aromatic heterocycles. The van der Waals surface area contributed by atoms with Gasteiger partial charge in [0.1, 0.15) is 18.2 Å². The van der Waals surface area contributed by atoms with Crippen molar-refractivity contribution in [3.05, 3.63) is 11.9 Å². The Morgan fingerprint density at radius 1 is 1.40 bits per heavy atom. The molecule has 1 aliphatic carbocycles. The number of anilines is 2. The lowest BCUT2D eigenvalue weighted by atomic mass is 10.4. The fraction of sp³-hybridized carbons (Fsp3) is 0.714. The van der Waals surface area contributed by atoms with Crippen LogP contribution in [0.4, 0.5) is 11.6 Å². The van der Waals surface area contributed by atoms with Crippen molar-refractivity contribution in [1.29, 1.82) is 0 Å². The number of aliphatic hydroxyl groups is 1. The summed E-state index contributed by atoms with van der Waals surface area (Å²) < 4.78 is 5.40. The summed E-state index contributed by atoms with van der Waals surface area (Å²) in [6.45, 7) is 6.62.